The number of likely N-dealkylation sites (N-methyl/N-ethyl adjacent to an activating group) is 1. The Kier molecular flexibility index (Phi) is 7.85. The van der Waals surface area contributed by atoms with Crippen molar-refractivity contribution in [2.45, 2.75) is 20.3 Å². The summed E-state index contributed by atoms with van der Waals surface area (Å²) in [5.41, 5.74) is 7.00. The van der Waals surface area contributed by atoms with Crippen LogP contribution in [-0.4, -0.2) is 42.3 Å². The molecule has 0 bridgehead atoms. The molecule has 0 aromatic heterocycles. The molecule has 0 fully saturated rings. The van der Waals surface area contributed by atoms with Crippen LogP contribution in [0.1, 0.15) is 29.3 Å². The number of amides is 3. The number of benzene rings is 2. The van der Waals surface area contributed by atoms with Gasteiger partial charge in [-0.1, -0.05) is 13.0 Å². The quantitative estimate of drug-likeness (QED) is 0.602. The maximum absolute atomic E-state index is 13.6. The molecule has 0 spiro atoms. The summed E-state index contributed by atoms with van der Waals surface area (Å²) in [6, 6.07) is 10.8. The van der Waals surface area contributed by atoms with Crippen molar-refractivity contribution in [3.8, 4) is 0 Å². The van der Waals surface area contributed by atoms with E-state index in [9.17, 15) is 18.8 Å². The fourth-order valence-corrected chi connectivity index (χ4v) is 2.62. The monoisotopic (exact) mass is 400 g/mol. The lowest BCUT2D eigenvalue weighted by Gasteiger charge is -2.19. The fourth-order valence-electron chi connectivity index (χ4n) is 2.62. The molecule has 0 atom stereocenters. The number of rotatable bonds is 9. The standard InChI is InChI=1S/C21H25FN4O3/c1-3-26(13-20(28)25-17-7-4-14(2)18(22)12-17)11-10-19(27)24-16-8-5-15(6-9-16)21(23)29/h4-9,12H,3,10-11,13H2,1-2H3,(H2,23,29)(H,24,27)(H,25,28). The highest BCUT2D eigenvalue weighted by molar-refractivity contribution is 5.95. The van der Waals surface area contributed by atoms with Crippen molar-refractivity contribution in [1.29, 1.82) is 0 Å². The van der Waals surface area contributed by atoms with Gasteiger partial charge in [-0.3, -0.25) is 19.3 Å². The Labute approximate surface area is 169 Å². The summed E-state index contributed by atoms with van der Waals surface area (Å²) >= 11 is 0. The van der Waals surface area contributed by atoms with E-state index < -0.39 is 5.91 Å². The Balaban J connectivity index is 1.81. The molecule has 0 aliphatic heterocycles. The van der Waals surface area contributed by atoms with E-state index in [-0.39, 0.29) is 30.6 Å². The number of primary amides is 1. The molecule has 4 N–H and O–H groups in total. The molecule has 29 heavy (non-hydrogen) atoms. The van der Waals surface area contributed by atoms with Gasteiger partial charge in [0.1, 0.15) is 5.82 Å². The lowest BCUT2D eigenvalue weighted by molar-refractivity contribution is -0.119. The number of carbonyl (C=O) groups excluding carboxylic acids is 3. The van der Waals surface area contributed by atoms with E-state index in [0.29, 0.717) is 35.6 Å². The van der Waals surface area contributed by atoms with Gasteiger partial charge in [0, 0.05) is 29.9 Å². The highest BCUT2D eigenvalue weighted by Gasteiger charge is 2.12. The molecule has 0 heterocycles. The minimum absolute atomic E-state index is 0.0899. The predicted octanol–water partition coefficient (Wildman–Crippen LogP) is 2.52. The van der Waals surface area contributed by atoms with Gasteiger partial charge in [-0.15, -0.1) is 0 Å². The van der Waals surface area contributed by atoms with E-state index in [0.717, 1.165) is 0 Å². The molecule has 0 saturated heterocycles. The van der Waals surface area contributed by atoms with Crippen LogP contribution in [0.4, 0.5) is 15.8 Å². The molecule has 2 aromatic rings. The van der Waals surface area contributed by atoms with Crippen molar-refractivity contribution in [3.63, 3.8) is 0 Å². The van der Waals surface area contributed by atoms with Gasteiger partial charge in [-0.05, 0) is 55.4 Å². The third kappa shape index (κ3) is 7.00. The second-order valence-corrected chi connectivity index (χ2v) is 6.62. The first-order valence-corrected chi connectivity index (χ1v) is 9.26. The van der Waals surface area contributed by atoms with Gasteiger partial charge < -0.3 is 16.4 Å². The molecule has 8 heteroatoms. The number of nitrogens with zero attached hydrogens (tertiary/aromatic N) is 1. The van der Waals surface area contributed by atoms with Crippen LogP contribution in [0.5, 0.6) is 0 Å². The summed E-state index contributed by atoms with van der Waals surface area (Å²) in [6.07, 6.45) is 0.192. The van der Waals surface area contributed by atoms with E-state index in [2.05, 4.69) is 10.6 Å². The van der Waals surface area contributed by atoms with Crippen molar-refractivity contribution < 1.29 is 18.8 Å². The van der Waals surface area contributed by atoms with Gasteiger partial charge in [0.15, 0.2) is 0 Å². The molecule has 2 rings (SSSR count). The van der Waals surface area contributed by atoms with Crippen molar-refractivity contribution >= 4 is 29.1 Å². The Morgan fingerprint density at radius 3 is 2.21 bits per heavy atom. The fraction of sp³-hybridized carbons (Fsp3) is 0.286. The second-order valence-electron chi connectivity index (χ2n) is 6.62. The molecule has 0 aliphatic rings. The molecular weight excluding hydrogens is 375 g/mol. The average molecular weight is 400 g/mol. The Morgan fingerprint density at radius 2 is 1.62 bits per heavy atom. The Bertz CT molecular complexity index is 884. The smallest absolute Gasteiger partial charge is 0.248 e. The maximum atomic E-state index is 13.6. The number of carbonyl (C=O) groups is 3. The van der Waals surface area contributed by atoms with Crippen molar-refractivity contribution in [2.75, 3.05) is 30.3 Å². The first-order chi connectivity index (χ1) is 13.8. The van der Waals surface area contributed by atoms with Gasteiger partial charge in [-0.2, -0.15) is 0 Å². The minimum Gasteiger partial charge on any atom is -0.366 e. The normalized spacial score (nSPS) is 10.6. The average Bonchev–Trinajstić information content (AvgIpc) is 2.68. The number of hydrogen-bond donors (Lipinski definition) is 3. The van der Waals surface area contributed by atoms with Crippen LogP contribution in [0.15, 0.2) is 42.5 Å². The minimum atomic E-state index is -0.534. The summed E-state index contributed by atoms with van der Waals surface area (Å²) in [7, 11) is 0. The predicted molar refractivity (Wildman–Crippen MR) is 110 cm³/mol. The third-order valence-corrected chi connectivity index (χ3v) is 4.38. The van der Waals surface area contributed by atoms with Crippen LogP contribution in [0.3, 0.4) is 0 Å². The zero-order chi connectivity index (χ0) is 21.4. The van der Waals surface area contributed by atoms with Crippen LogP contribution in [-0.2, 0) is 9.59 Å². The van der Waals surface area contributed by atoms with Crippen LogP contribution in [0.25, 0.3) is 0 Å². The lowest BCUT2D eigenvalue weighted by atomic mass is 10.2. The van der Waals surface area contributed by atoms with E-state index in [1.165, 1.54) is 18.2 Å². The lowest BCUT2D eigenvalue weighted by Crippen LogP contribution is -2.35. The molecular formula is C21H25FN4O3. The van der Waals surface area contributed by atoms with E-state index in [4.69, 9.17) is 5.73 Å². The zero-order valence-corrected chi connectivity index (χ0v) is 16.5. The summed E-state index contributed by atoms with van der Waals surface area (Å²) in [5, 5.41) is 5.39. The summed E-state index contributed by atoms with van der Waals surface area (Å²) < 4.78 is 13.6. The molecule has 0 aliphatic carbocycles. The van der Waals surface area contributed by atoms with Gasteiger partial charge in [0.25, 0.3) is 0 Å². The molecule has 3 amide bonds. The summed E-state index contributed by atoms with van der Waals surface area (Å²) in [5.74, 6) is -1.40. The first kappa shape index (κ1) is 22.0. The summed E-state index contributed by atoms with van der Waals surface area (Å²) in [4.78, 5) is 37.2. The number of nitrogens with one attached hydrogen (secondary N) is 2. The number of halogens is 1. The van der Waals surface area contributed by atoms with Crippen molar-refractivity contribution in [1.82, 2.24) is 4.90 Å². The highest BCUT2D eigenvalue weighted by atomic mass is 19.1. The molecule has 7 nitrogen and oxygen atoms in total. The topological polar surface area (TPSA) is 105 Å². The van der Waals surface area contributed by atoms with Crippen molar-refractivity contribution in [2.24, 2.45) is 5.73 Å². The van der Waals surface area contributed by atoms with E-state index in [1.54, 1.807) is 31.2 Å². The first-order valence-electron chi connectivity index (χ1n) is 9.26. The van der Waals surface area contributed by atoms with Gasteiger partial charge >= 0.3 is 0 Å². The molecule has 154 valence electrons. The molecule has 2 aromatic carbocycles. The number of hydrogen-bond acceptors (Lipinski definition) is 4. The third-order valence-electron chi connectivity index (χ3n) is 4.38. The highest BCUT2D eigenvalue weighted by Crippen LogP contribution is 2.13. The molecule has 0 radical (unpaired) electrons. The molecule has 0 unspecified atom stereocenters. The van der Waals surface area contributed by atoms with Crippen LogP contribution < -0.4 is 16.4 Å². The second kappa shape index (κ2) is 10.3. The summed E-state index contributed by atoms with van der Waals surface area (Å²) in [6.45, 7) is 4.59. The number of nitrogens with two attached hydrogens (primary N) is 1. The number of anilines is 2. The van der Waals surface area contributed by atoms with Crippen molar-refractivity contribution in [3.05, 3.63) is 59.4 Å². The van der Waals surface area contributed by atoms with Crippen LogP contribution in [0.2, 0.25) is 0 Å². The van der Waals surface area contributed by atoms with Gasteiger partial charge in [-0.25, -0.2) is 4.39 Å². The van der Waals surface area contributed by atoms with E-state index in [1.807, 2.05) is 11.8 Å². The van der Waals surface area contributed by atoms with E-state index >= 15 is 0 Å². The SMILES string of the molecule is CCN(CCC(=O)Nc1ccc(C(N)=O)cc1)CC(=O)Nc1ccc(C)c(F)c1. The van der Waals surface area contributed by atoms with Gasteiger partial charge in [0.2, 0.25) is 17.7 Å². The van der Waals surface area contributed by atoms with Gasteiger partial charge in [0.05, 0.1) is 6.54 Å². The Hall–Kier alpha value is -3.26. The maximum Gasteiger partial charge on any atom is 0.248 e. The largest absolute Gasteiger partial charge is 0.366 e. The Morgan fingerprint density at radius 1 is 1.00 bits per heavy atom. The van der Waals surface area contributed by atoms with Crippen LogP contribution in [0, 0.1) is 12.7 Å². The number of aryl methyl sites for hydroxylation is 1. The van der Waals surface area contributed by atoms with Crippen LogP contribution >= 0.6 is 0 Å². The zero-order valence-electron chi connectivity index (χ0n) is 16.5. The molecule has 0 saturated carbocycles.